The Kier molecular flexibility index (Phi) is 5.50. The fourth-order valence-electron chi connectivity index (χ4n) is 2.65. The van der Waals surface area contributed by atoms with E-state index in [1.807, 2.05) is 18.2 Å². The van der Waals surface area contributed by atoms with Crippen molar-refractivity contribution >= 4 is 23.0 Å². The number of nitrogens with zero attached hydrogens (tertiary/aromatic N) is 1. The minimum Gasteiger partial charge on any atom is -0.360 e. The Hall–Kier alpha value is -1.94. The van der Waals surface area contributed by atoms with Gasteiger partial charge in [0.25, 0.3) is 0 Å². The van der Waals surface area contributed by atoms with Crippen LogP contribution in [-0.2, 0) is 5.41 Å². The molecule has 2 rings (SSSR count). The average Bonchev–Trinajstić information content (AvgIpc) is 2.48. The van der Waals surface area contributed by atoms with Crippen molar-refractivity contribution in [1.82, 2.24) is 10.3 Å². The van der Waals surface area contributed by atoms with Gasteiger partial charge in [-0.2, -0.15) is 0 Å². The lowest BCUT2D eigenvalue weighted by Gasteiger charge is -2.29. The largest absolute Gasteiger partial charge is 0.360 e. The molecule has 0 spiro atoms. The van der Waals surface area contributed by atoms with Crippen LogP contribution < -0.4 is 10.6 Å². The van der Waals surface area contributed by atoms with Crippen molar-refractivity contribution in [3.63, 3.8) is 0 Å². The lowest BCUT2D eigenvalue weighted by Crippen LogP contribution is -2.39. The monoisotopic (exact) mass is 313 g/mol. The molecule has 3 nitrogen and oxygen atoms in total. The van der Waals surface area contributed by atoms with E-state index in [1.54, 1.807) is 12.4 Å². The van der Waals surface area contributed by atoms with Crippen LogP contribution in [0.15, 0.2) is 54.9 Å². The summed E-state index contributed by atoms with van der Waals surface area (Å²) in [6.45, 7) is 6.68. The predicted molar refractivity (Wildman–Crippen MR) is 97.1 cm³/mol. The van der Waals surface area contributed by atoms with Gasteiger partial charge in [-0.3, -0.25) is 4.98 Å². The van der Waals surface area contributed by atoms with Gasteiger partial charge in [0.05, 0.1) is 11.9 Å². The molecule has 0 aliphatic carbocycles. The molecule has 0 amide bonds. The van der Waals surface area contributed by atoms with Crippen molar-refractivity contribution in [2.75, 3.05) is 5.32 Å². The first-order valence-corrected chi connectivity index (χ1v) is 7.91. The number of pyridine rings is 1. The van der Waals surface area contributed by atoms with Gasteiger partial charge in [0.15, 0.2) is 5.11 Å². The molecule has 4 heteroatoms. The van der Waals surface area contributed by atoms with Crippen LogP contribution in [0.25, 0.3) is 0 Å². The van der Waals surface area contributed by atoms with Crippen molar-refractivity contribution in [2.24, 2.45) is 0 Å². The van der Waals surface area contributed by atoms with Crippen LogP contribution in [0.3, 0.4) is 0 Å². The van der Waals surface area contributed by atoms with Crippen LogP contribution in [0.2, 0.25) is 0 Å². The van der Waals surface area contributed by atoms with Gasteiger partial charge in [-0.05, 0) is 48.7 Å². The summed E-state index contributed by atoms with van der Waals surface area (Å²) >= 11 is 5.37. The van der Waals surface area contributed by atoms with E-state index in [1.165, 1.54) is 5.56 Å². The second-order valence-corrected chi connectivity index (χ2v) is 6.60. The van der Waals surface area contributed by atoms with Crippen LogP contribution >= 0.6 is 12.2 Å². The number of nitrogens with one attached hydrogen (secondary N) is 2. The van der Waals surface area contributed by atoms with Crippen LogP contribution in [0.5, 0.6) is 0 Å². The number of anilines is 1. The summed E-state index contributed by atoms with van der Waals surface area (Å²) in [6, 6.07) is 14.7. The molecule has 0 saturated carbocycles. The topological polar surface area (TPSA) is 37.0 Å². The number of thiocarbonyl (C=S) groups is 1. The Morgan fingerprint density at radius 2 is 1.91 bits per heavy atom. The quantitative estimate of drug-likeness (QED) is 0.814. The van der Waals surface area contributed by atoms with Crippen LogP contribution in [0.1, 0.15) is 32.8 Å². The molecule has 0 fully saturated rings. The minimum atomic E-state index is 0.0948. The summed E-state index contributed by atoms with van der Waals surface area (Å²) in [6.07, 6.45) is 4.49. The zero-order chi connectivity index (χ0) is 16.0. The fourth-order valence-corrected chi connectivity index (χ4v) is 2.97. The number of rotatable bonds is 5. The first kappa shape index (κ1) is 16.4. The summed E-state index contributed by atoms with van der Waals surface area (Å²) in [4.78, 5) is 4.07. The first-order valence-electron chi connectivity index (χ1n) is 7.50. The van der Waals surface area contributed by atoms with Gasteiger partial charge in [0.2, 0.25) is 0 Å². The van der Waals surface area contributed by atoms with Gasteiger partial charge in [-0.1, -0.05) is 44.2 Å². The van der Waals surface area contributed by atoms with E-state index < -0.39 is 0 Å². The molecule has 0 bridgehead atoms. The first-order chi connectivity index (χ1) is 10.5. The predicted octanol–water partition coefficient (Wildman–Crippen LogP) is 4.12. The van der Waals surface area contributed by atoms with Crippen molar-refractivity contribution in [2.45, 2.75) is 38.6 Å². The molecule has 116 valence electrons. The summed E-state index contributed by atoms with van der Waals surface area (Å²) in [5.41, 5.74) is 2.33. The number of benzene rings is 1. The lowest BCUT2D eigenvalue weighted by molar-refractivity contribution is 0.420. The standard InChI is InChI=1S/C18H23N3S/c1-14(12-18(2,3)15-8-5-4-6-9-15)20-17(22)21-16-10-7-11-19-13-16/h4-11,13-14H,12H2,1-3H3,(H2,20,21,22). The van der Waals surface area contributed by atoms with Crippen molar-refractivity contribution in [3.8, 4) is 0 Å². The van der Waals surface area contributed by atoms with Gasteiger partial charge < -0.3 is 10.6 Å². The van der Waals surface area contributed by atoms with E-state index >= 15 is 0 Å². The molecule has 2 aromatic rings. The molecule has 1 atom stereocenters. The van der Waals surface area contributed by atoms with Gasteiger partial charge in [-0.15, -0.1) is 0 Å². The Labute approximate surface area is 138 Å². The summed E-state index contributed by atoms with van der Waals surface area (Å²) in [5.74, 6) is 0. The molecule has 0 radical (unpaired) electrons. The zero-order valence-corrected chi connectivity index (χ0v) is 14.2. The third kappa shape index (κ3) is 4.81. The molecule has 0 saturated heterocycles. The van der Waals surface area contributed by atoms with Gasteiger partial charge in [-0.25, -0.2) is 0 Å². The highest BCUT2D eigenvalue weighted by molar-refractivity contribution is 7.80. The second kappa shape index (κ2) is 7.36. The average molecular weight is 313 g/mol. The highest BCUT2D eigenvalue weighted by Crippen LogP contribution is 2.28. The second-order valence-electron chi connectivity index (χ2n) is 6.20. The Bertz CT molecular complexity index is 596. The molecule has 0 aliphatic heterocycles. The molecule has 1 aromatic heterocycles. The fraction of sp³-hybridized carbons (Fsp3) is 0.333. The third-order valence-corrected chi connectivity index (χ3v) is 3.89. The summed E-state index contributed by atoms with van der Waals surface area (Å²) in [5, 5.41) is 7.13. The van der Waals surface area contributed by atoms with E-state index in [-0.39, 0.29) is 11.5 Å². The van der Waals surface area contributed by atoms with Crippen molar-refractivity contribution in [3.05, 3.63) is 60.4 Å². The number of hydrogen-bond donors (Lipinski definition) is 2. The van der Waals surface area contributed by atoms with Crippen LogP contribution in [-0.4, -0.2) is 16.1 Å². The van der Waals surface area contributed by atoms with Crippen molar-refractivity contribution in [1.29, 1.82) is 0 Å². The highest BCUT2D eigenvalue weighted by Gasteiger charge is 2.23. The lowest BCUT2D eigenvalue weighted by atomic mass is 9.79. The maximum absolute atomic E-state index is 5.37. The van der Waals surface area contributed by atoms with E-state index in [2.05, 4.69) is 60.7 Å². The van der Waals surface area contributed by atoms with E-state index in [4.69, 9.17) is 12.2 Å². The Morgan fingerprint density at radius 3 is 2.55 bits per heavy atom. The smallest absolute Gasteiger partial charge is 0.171 e. The highest BCUT2D eigenvalue weighted by atomic mass is 32.1. The molecule has 22 heavy (non-hydrogen) atoms. The molecular weight excluding hydrogens is 290 g/mol. The third-order valence-electron chi connectivity index (χ3n) is 3.67. The van der Waals surface area contributed by atoms with Crippen LogP contribution in [0.4, 0.5) is 5.69 Å². The molecule has 2 N–H and O–H groups in total. The normalized spacial score (nSPS) is 12.5. The summed E-state index contributed by atoms with van der Waals surface area (Å²) in [7, 11) is 0. The van der Waals surface area contributed by atoms with Crippen LogP contribution in [0, 0.1) is 0 Å². The molecular formula is C18H23N3S. The molecule has 1 unspecified atom stereocenters. The van der Waals surface area contributed by atoms with E-state index in [0.29, 0.717) is 5.11 Å². The Balaban J connectivity index is 1.89. The molecule has 0 aliphatic rings. The number of aromatic nitrogens is 1. The SMILES string of the molecule is CC(CC(C)(C)c1ccccc1)NC(=S)Nc1cccnc1. The maximum atomic E-state index is 5.37. The summed E-state index contributed by atoms with van der Waals surface area (Å²) < 4.78 is 0. The van der Waals surface area contributed by atoms with Gasteiger partial charge >= 0.3 is 0 Å². The van der Waals surface area contributed by atoms with Gasteiger partial charge in [0.1, 0.15) is 0 Å². The molecule has 1 aromatic carbocycles. The maximum Gasteiger partial charge on any atom is 0.171 e. The van der Waals surface area contributed by atoms with Gasteiger partial charge in [0, 0.05) is 12.2 Å². The van der Waals surface area contributed by atoms with E-state index in [0.717, 1.165) is 12.1 Å². The van der Waals surface area contributed by atoms with Crippen molar-refractivity contribution < 1.29 is 0 Å². The number of hydrogen-bond acceptors (Lipinski definition) is 2. The Morgan fingerprint density at radius 1 is 1.18 bits per heavy atom. The zero-order valence-electron chi connectivity index (χ0n) is 13.3. The minimum absolute atomic E-state index is 0.0948. The van der Waals surface area contributed by atoms with E-state index in [9.17, 15) is 0 Å². The molecule has 1 heterocycles.